The van der Waals surface area contributed by atoms with E-state index < -0.39 is 24.4 Å². The monoisotopic (exact) mass is 448 g/mol. The molecule has 33 heavy (non-hydrogen) atoms. The van der Waals surface area contributed by atoms with Crippen LogP contribution in [0.1, 0.15) is 54.7 Å². The zero-order valence-electron chi connectivity index (χ0n) is 19.4. The standard InChI is InChI=1S/C25H29BN2O5/c1-24(2)25(3,4)33-26(32-24)20(12-18-10-11-19-14-27-22(29)21(19)13-18)15-28-23(30)31-16-17-8-6-5-7-9-17/h5-13H,14-16H2,1-4H3,(H,27,29)(H,28,30). The highest BCUT2D eigenvalue weighted by Crippen LogP contribution is 2.38. The zero-order chi connectivity index (χ0) is 23.6. The minimum atomic E-state index is -0.647. The quantitative estimate of drug-likeness (QED) is 0.656. The second kappa shape index (κ2) is 9.04. The number of hydrogen-bond acceptors (Lipinski definition) is 5. The van der Waals surface area contributed by atoms with Gasteiger partial charge in [0, 0.05) is 18.7 Å². The summed E-state index contributed by atoms with van der Waals surface area (Å²) in [5.74, 6) is -0.0833. The average molecular weight is 448 g/mol. The van der Waals surface area contributed by atoms with Gasteiger partial charge in [0.15, 0.2) is 0 Å². The first-order valence-electron chi connectivity index (χ1n) is 11.1. The normalized spacial score (nSPS) is 18.6. The van der Waals surface area contributed by atoms with Crippen molar-refractivity contribution in [2.45, 2.75) is 52.0 Å². The van der Waals surface area contributed by atoms with Gasteiger partial charge in [0.25, 0.3) is 5.91 Å². The molecule has 172 valence electrons. The summed E-state index contributed by atoms with van der Waals surface area (Å²) in [6, 6.07) is 15.2. The van der Waals surface area contributed by atoms with Gasteiger partial charge in [-0.2, -0.15) is 0 Å². The summed E-state index contributed by atoms with van der Waals surface area (Å²) >= 11 is 0. The molecule has 7 nitrogen and oxygen atoms in total. The van der Waals surface area contributed by atoms with Crippen molar-refractivity contribution in [2.75, 3.05) is 6.54 Å². The van der Waals surface area contributed by atoms with Crippen molar-refractivity contribution in [2.24, 2.45) is 0 Å². The molecule has 4 rings (SSSR count). The molecule has 2 N–H and O–H groups in total. The van der Waals surface area contributed by atoms with Gasteiger partial charge in [-0.25, -0.2) is 4.79 Å². The number of nitrogens with one attached hydrogen (secondary N) is 2. The lowest BCUT2D eigenvalue weighted by Gasteiger charge is -2.32. The van der Waals surface area contributed by atoms with Crippen molar-refractivity contribution in [3.63, 3.8) is 0 Å². The number of hydrogen-bond donors (Lipinski definition) is 2. The lowest BCUT2D eigenvalue weighted by Crippen LogP contribution is -2.41. The van der Waals surface area contributed by atoms with Crippen molar-refractivity contribution in [3.8, 4) is 0 Å². The van der Waals surface area contributed by atoms with Gasteiger partial charge in [0.05, 0.1) is 11.2 Å². The molecule has 2 heterocycles. The summed E-state index contributed by atoms with van der Waals surface area (Å²) in [7, 11) is -0.647. The number of ether oxygens (including phenoxy) is 1. The summed E-state index contributed by atoms with van der Waals surface area (Å²) in [4.78, 5) is 24.4. The summed E-state index contributed by atoms with van der Waals surface area (Å²) < 4.78 is 17.8. The molecule has 2 aromatic rings. The Morgan fingerprint density at radius 3 is 2.52 bits per heavy atom. The van der Waals surface area contributed by atoms with Crippen LogP contribution in [0.3, 0.4) is 0 Å². The molecule has 0 aromatic heterocycles. The first-order valence-corrected chi connectivity index (χ1v) is 11.1. The third-order valence-corrected chi connectivity index (χ3v) is 6.38. The fourth-order valence-electron chi connectivity index (χ4n) is 3.68. The number of carbonyl (C=O) groups excluding carboxylic acids is 2. The van der Waals surface area contributed by atoms with Crippen LogP contribution in [0, 0.1) is 0 Å². The van der Waals surface area contributed by atoms with Crippen LogP contribution in [0.5, 0.6) is 0 Å². The largest absolute Gasteiger partial charge is 0.492 e. The van der Waals surface area contributed by atoms with Gasteiger partial charge in [0.1, 0.15) is 6.61 Å². The Labute approximate surface area is 194 Å². The third kappa shape index (κ3) is 5.12. The van der Waals surface area contributed by atoms with Crippen molar-refractivity contribution >= 4 is 25.2 Å². The predicted octanol–water partition coefficient (Wildman–Crippen LogP) is 3.87. The first kappa shape index (κ1) is 23.1. The van der Waals surface area contributed by atoms with E-state index in [2.05, 4.69) is 10.6 Å². The molecule has 0 radical (unpaired) electrons. The molecule has 1 fully saturated rings. The molecule has 1 saturated heterocycles. The summed E-state index contributed by atoms with van der Waals surface area (Å²) in [6.45, 7) is 8.81. The molecular weight excluding hydrogens is 419 g/mol. The molecule has 2 amide bonds. The fraction of sp³-hybridized carbons (Fsp3) is 0.360. The highest BCUT2D eigenvalue weighted by Gasteiger charge is 2.52. The van der Waals surface area contributed by atoms with Gasteiger partial charge in [-0.3, -0.25) is 4.79 Å². The topological polar surface area (TPSA) is 85.9 Å². The van der Waals surface area contributed by atoms with E-state index >= 15 is 0 Å². The van der Waals surface area contributed by atoms with E-state index in [0.29, 0.717) is 12.1 Å². The predicted molar refractivity (Wildman–Crippen MR) is 126 cm³/mol. The summed E-state index contributed by atoms with van der Waals surface area (Å²) in [5, 5.41) is 5.62. The van der Waals surface area contributed by atoms with Gasteiger partial charge >= 0.3 is 13.2 Å². The zero-order valence-corrected chi connectivity index (χ0v) is 19.4. The van der Waals surface area contributed by atoms with Crippen LogP contribution in [0.25, 0.3) is 6.08 Å². The Morgan fingerprint density at radius 1 is 1.12 bits per heavy atom. The van der Waals surface area contributed by atoms with Gasteiger partial charge in [0.2, 0.25) is 0 Å². The Kier molecular flexibility index (Phi) is 6.32. The van der Waals surface area contributed by atoms with E-state index in [0.717, 1.165) is 22.2 Å². The van der Waals surface area contributed by atoms with Crippen molar-refractivity contribution in [1.82, 2.24) is 10.6 Å². The Hall–Kier alpha value is -3.10. The molecular formula is C25H29BN2O5. The number of benzene rings is 2. The smallest absolute Gasteiger partial charge is 0.445 e. The van der Waals surface area contributed by atoms with Gasteiger partial charge in [-0.1, -0.05) is 48.5 Å². The average Bonchev–Trinajstić information content (AvgIpc) is 3.25. The number of amides is 2. The minimum absolute atomic E-state index is 0.0833. The lowest BCUT2D eigenvalue weighted by atomic mass is 9.77. The van der Waals surface area contributed by atoms with Crippen LogP contribution in [0.2, 0.25) is 0 Å². The maximum absolute atomic E-state index is 12.3. The minimum Gasteiger partial charge on any atom is -0.445 e. The summed E-state index contributed by atoms with van der Waals surface area (Å²) in [5.41, 5.74) is 3.04. The maximum atomic E-state index is 12.3. The van der Waals surface area contributed by atoms with E-state index in [4.69, 9.17) is 14.0 Å². The van der Waals surface area contributed by atoms with Crippen LogP contribution in [-0.4, -0.2) is 36.9 Å². The van der Waals surface area contributed by atoms with Gasteiger partial charge in [-0.15, -0.1) is 0 Å². The Bertz CT molecular complexity index is 1070. The third-order valence-electron chi connectivity index (χ3n) is 6.38. The van der Waals surface area contributed by atoms with Crippen molar-refractivity contribution in [3.05, 3.63) is 76.3 Å². The molecule has 0 bridgehead atoms. The van der Waals surface area contributed by atoms with Crippen LogP contribution in [0.15, 0.2) is 54.0 Å². The van der Waals surface area contributed by atoms with E-state index in [1.807, 2.05) is 82.3 Å². The van der Waals surface area contributed by atoms with E-state index in [1.54, 1.807) is 0 Å². The Balaban J connectivity index is 1.51. The molecule has 2 aliphatic rings. The molecule has 0 saturated carbocycles. The highest BCUT2D eigenvalue weighted by atomic mass is 16.7. The molecule has 8 heteroatoms. The molecule has 0 atom stereocenters. The van der Waals surface area contributed by atoms with E-state index in [1.165, 1.54) is 0 Å². The van der Waals surface area contributed by atoms with Crippen molar-refractivity contribution in [1.29, 1.82) is 0 Å². The second-order valence-electron chi connectivity index (χ2n) is 9.32. The highest BCUT2D eigenvalue weighted by molar-refractivity contribution is 6.56. The molecule has 0 aliphatic carbocycles. The first-order chi connectivity index (χ1) is 15.6. The lowest BCUT2D eigenvalue weighted by molar-refractivity contribution is 0.00578. The van der Waals surface area contributed by atoms with Crippen molar-refractivity contribution < 1.29 is 23.6 Å². The van der Waals surface area contributed by atoms with Crippen LogP contribution in [0.4, 0.5) is 4.79 Å². The molecule has 0 spiro atoms. The molecule has 2 aromatic carbocycles. The van der Waals surface area contributed by atoms with E-state index in [9.17, 15) is 9.59 Å². The summed E-state index contributed by atoms with van der Waals surface area (Å²) in [6.07, 6.45) is 1.36. The molecule has 2 aliphatic heterocycles. The van der Waals surface area contributed by atoms with Gasteiger partial charge < -0.3 is 24.7 Å². The second-order valence-corrected chi connectivity index (χ2v) is 9.32. The van der Waals surface area contributed by atoms with Gasteiger partial charge in [-0.05, 0) is 55.9 Å². The Morgan fingerprint density at radius 2 is 1.82 bits per heavy atom. The number of alkyl carbamates (subject to hydrolysis) is 1. The van der Waals surface area contributed by atoms with Crippen LogP contribution < -0.4 is 10.6 Å². The number of rotatable bonds is 6. The van der Waals surface area contributed by atoms with E-state index in [-0.39, 0.29) is 19.1 Å². The van der Waals surface area contributed by atoms with Crippen LogP contribution in [-0.2, 0) is 27.2 Å². The SMILES string of the molecule is CC1(C)OB(C(=Cc2ccc3c(c2)C(=O)NC3)CNC(=O)OCc2ccccc2)OC1(C)C. The number of fused-ring (bicyclic) bond motifs is 1. The van der Waals surface area contributed by atoms with Crippen LogP contribution >= 0.6 is 0 Å². The fourth-order valence-corrected chi connectivity index (χ4v) is 3.68. The maximum Gasteiger partial charge on any atom is 0.492 e. The molecule has 0 unspecified atom stereocenters. The number of carbonyl (C=O) groups is 2.